The smallest absolute Gasteiger partial charge is 0.261 e. The molecule has 0 spiro atoms. The SMILES string of the molecule is C[C@@H](NC(=O)CN1C(=O)c2cccnc2Sc2ccccc21)c1ccccc1. The van der Waals surface area contributed by atoms with Gasteiger partial charge in [0.1, 0.15) is 11.6 Å². The van der Waals surface area contributed by atoms with Gasteiger partial charge in [-0.1, -0.05) is 54.2 Å². The molecule has 28 heavy (non-hydrogen) atoms. The second-order valence-electron chi connectivity index (χ2n) is 6.52. The van der Waals surface area contributed by atoms with Crippen LogP contribution in [-0.2, 0) is 4.79 Å². The molecule has 140 valence electrons. The minimum absolute atomic E-state index is 0.0537. The lowest BCUT2D eigenvalue weighted by molar-refractivity contribution is -0.120. The van der Waals surface area contributed by atoms with Gasteiger partial charge in [0.25, 0.3) is 5.91 Å². The minimum Gasteiger partial charge on any atom is -0.348 e. The average Bonchev–Trinajstić information content (AvgIpc) is 2.84. The molecule has 0 saturated carbocycles. The summed E-state index contributed by atoms with van der Waals surface area (Å²) in [6.45, 7) is 1.88. The fourth-order valence-electron chi connectivity index (χ4n) is 3.17. The van der Waals surface area contributed by atoms with Gasteiger partial charge in [0.2, 0.25) is 5.91 Å². The zero-order valence-electron chi connectivity index (χ0n) is 15.3. The normalized spacial score (nSPS) is 13.9. The molecule has 2 heterocycles. The molecule has 0 aliphatic carbocycles. The van der Waals surface area contributed by atoms with Gasteiger partial charge in [-0.3, -0.25) is 14.5 Å². The predicted octanol–water partition coefficient (Wildman–Crippen LogP) is 4.07. The maximum Gasteiger partial charge on any atom is 0.261 e. The number of anilines is 1. The zero-order chi connectivity index (χ0) is 19.5. The second kappa shape index (κ2) is 7.86. The van der Waals surface area contributed by atoms with Crippen molar-refractivity contribution >= 4 is 29.3 Å². The first kappa shape index (κ1) is 18.3. The largest absolute Gasteiger partial charge is 0.348 e. The van der Waals surface area contributed by atoms with Crippen molar-refractivity contribution in [2.24, 2.45) is 0 Å². The van der Waals surface area contributed by atoms with E-state index in [1.54, 1.807) is 18.3 Å². The van der Waals surface area contributed by atoms with E-state index in [1.807, 2.05) is 61.5 Å². The molecule has 3 aromatic rings. The van der Waals surface area contributed by atoms with Crippen LogP contribution < -0.4 is 10.2 Å². The molecular formula is C22H19N3O2S. The van der Waals surface area contributed by atoms with Gasteiger partial charge in [0, 0.05) is 11.1 Å². The van der Waals surface area contributed by atoms with Crippen LogP contribution in [0.5, 0.6) is 0 Å². The van der Waals surface area contributed by atoms with E-state index in [4.69, 9.17) is 0 Å². The molecule has 0 fully saturated rings. The maximum absolute atomic E-state index is 13.2. The van der Waals surface area contributed by atoms with Crippen LogP contribution in [0.15, 0.2) is 82.8 Å². The van der Waals surface area contributed by atoms with Crippen molar-refractivity contribution in [3.8, 4) is 0 Å². The molecule has 0 bridgehead atoms. The van der Waals surface area contributed by atoms with E-state index in [-0.39, 0.29) is 24.4 Å². The van der Waals surface area contributed by atoms with E-state index in [0.717, 1.165) is 16.1 Å². The third kappa shape index (κ3) is 3.64. The van der Waals surface area contributed by atoms with Crippen LogP contribution >= 0.6 is 11.8 Å². The lowest BCUT2D eigenvalue weighted by Crippen LogP contribution is -2.41. The van der Waals surface area contributed by atoms with Gasteiger partial charge >= 0.3 is 0 Å². The van der Waals surface area contributed by atoms with Gasteiger partial charge in [-0.05, 0) is 36.8 Å². The number of amides is 2. The average molecular weight is 389 g/mol. The van der Waals surface area contributed by atoms with Crippen molar-refractivity contribution in [2.45, 2.75) is 22.9 Å². The molecule has 1 aromatic heterocycles. The highest BCUT2D eigenvalue weighted by molar-refractivity contribution is 7.99. The van der Waals surface area contributed by atoms with Crippen molar-refractivity contribution in [2.75, 3.05) is 11.4 Å². The molecule has 0 saturated heterocycles. The van der Waals surface area contributed by atoms with E-state index >= 15 is 0 Å². The Morgan fingerprint density at radius 2 is 1.82 bits per heavy atom. The van der Waals surface area contributed by atoms with E-state index < -0.39 is 0 Å². The van der Waals surface area contributed by atoms with Crippen LogP contribution in [0.1, 0.15) is 28.9 Å². The zero-order valence-corrected chi connectivity index (χ0v) is 16.1. The van der Waals surface area contributed by atoms with Crippen molar-refractivity contribution < 1.29 is 9.59 Å². The number of nitrogens with zero attached hydrogens (tertiary/aromatic N) is 2. The minimum atomic E-state index is -0.219. The Morgan fingerprint density at radius 3 is 2.64 bits per heavy atom. The lowest BCUT2D eigenvalue weighted by Gasteiger charge is -2.23. The van der Waals surface area contributed by atoms with Gasteiger partial charge in [0.05, 0.1) is 17.3 Å². The van der Waals surface area contributed by atoms with Crippen molar-refractivity contribution in [3.63, 3.8) is 0 Å². The van der Waals surface area contributed by atoms with Gasteiger partial charge in [0.15, 0.2) is 0 Å². The Labute approximate surface area is 167 Å². The molecule has 5 nitrogen and oxygen atoms in total. The molecule has 4 rings (SSSR count). The summed E-state index contributed by atoms with van der Waals surface area (Å²) in [4.78, 5) is 32.7. The highest BCUT2D eigenvalue weighted by Gasteiger charge is 2.29. The Balaban J connectivity index is 1.61. The molecular weight excluding hydrogens is 370 g/mol. The Bertz CT molecular complexity index is 1020. The number of carbonyl (C=O) groups excluding carboxylic acids is 2. The van der Waals surface area contributed by atoms with Crippen molar-refractivity contribution in [1.82, 2.24) is 10.3 Å². The van der Waals surface area contributed by atoms with Crippen molar-refractivity contribution in [1.29, 1.82) is 0 Å². The third-order valence-corrected chi connectivity index (χ3v) is 5.67. The van der Waals surface area contributed by atoms with Crippen LogP contribution in [0.3, 0.4) is 0 Å². The number of pyridine rings is 1. The Hall–Kier alpha value is -3.12. The number of nitrogens with one attached hydrogen (secondary N) is 1. The third-order valence-electron chi connectivity index (χ3n) is 4.59. The first-order valence-corrected chi connectivity index (χ1v) is 9.83. The second-order valence-corrected chi connectivity index (χ2v) is 7.55. The molecule has 0 radical (unpaired) electrons. The van der Waals surface area contributed by atoms with E-state index in [2.05, 4.69) is 10.3 Å². The van der Waals surface area contributed by atoms with Crippen LogP contribution in [0, 0.1) is 0 Å². The van der Waals surface area contributed by atoms with E-state index in [9.17, 15) is 9.59 Å². The molecule has 6 heteroatoms. The molecule has 1 N–H and O–H groups in total. The highest BCUT2D eigenvalue weighted by Crippen LogP contribution is 2.39. The fourth-order valence-corrected chi connectivity index (χ4v) is 4.19. The van der Waals surface area contributed by atoms with E-state index in [0.29, 0.717) is 10.6 Å². The monoisotopic (exact) mass is 389 g/mol. The number of carbonyl (C=O) groups is 2. The highest BCUT2D eigenvalue weighted by atomic mass is 32.2. The summed E-state index contributed by atoms with van der Waals surface area (Å²) in [6, 6.07) is 20.7. The number of rotatable bonds is 4. The Morgan fingerprint density at radius 1 is 1.07 bits per heavy atom. The number of aromatic nitrogens is 1. The molecule has 1 aliphatic rings. The number of hydrogen-bond donors (Lipinski definition) is 1. The van der Waals surface area contributed by atoms with Crippen LogP contribution in [0.25, 0.3) is 0 Å². The quantitative estimate of drug-likeness (QED) is 0.731. The molecule has 0 unspecified atom stereocenters. The van der Waals surface area contributed by atoms with Gasteiger partial charge < -0.3 is 5.32 Å². The summed E-state index contributed by atoms with van der Waals surface area (Å²) in [6.07, 6.45) is 1.67. The summed E-state index contributed by atoms with van der Waals surface area (Å²) in [5, 5.41) is 3.64. The van der Waals surface area contributed by atoms with Crippen LogP contribution in [-0.4, -0.2) is 23.3 Å². The first-order valence-electron chi connectivity index (χ1n) is 9.01. The van der Waals surface area contributed by atoms with Crippen molar-refractivity contribution in [3.05, 3.63) is 84.1 Å². The summed E-state index contributed by atoms with van der Waals surface area (Å²) >= 11 is 1.44. The standard InChI is InChI=1S/C22H19N3O2S/c1-15(16-8-3-2-4-9-16)24-20(26)14-25-18-11-5-6-12-19(18)28-21-17(22(25)27)10-7-13-23-21/h2-13,15H,14H2,1H3,(H,24,26)/t15-/m1/s1. The topological polar surface area (TPSA) is 62.3 Å². The predicted molar refractivity (Wildman–Crippen MR) is 109 cm³/mol. The Kier molecular flexibility index (Phi) is 5.12. The number of fused-ring (bicyclic) bond motifs is 2. The maximum atomic E-state index is 13.2. The number of hydrogen-bond acceptors (Lipinski definition) is 4. The molecule has 2 amide bonds. The summed E-state index contributed by atoms with van der Waals surface area (Å²) in [5.41, 5.74) is 2.24. The fraction of sp³-hybridized carbons (Fsp3) is 0.136. The van der Waals surface area contributed by atoms with Crippen LogP contribution in [0.4, 0.5) is 5.69 Å². The number of benzene rings is 2. The van der Waals surface area contributed by atoms with Gasteiger partial charge in [-0.25, -0.2) is 4.98 Å². The van der Waals surface area contributed by atoms with Gasteiger partial charge in [-0.15, -0.1) is 0 Å². The number of para-hydroxylation sites is 1. The first-order chi connectivity index (χ1) is 13.6. The molecule has 2 aromatic carbocycles. The molecule has 1 atom stereocenters. The molecule has 1 aliphatic heterocycles. The summed E-state index contributed by atoms with van der Waals surface area (Å²) in [5.74, 6) is -0.431. The van der Waals surface area contributed by atoms with Crippen LogP contribution in [0.2, 0.25) is 0 Å². The van der Waals surface area contributed by atoms with E-state index in [1.165, 1.54) is 16.7 Å². The summed E-state index contributed by atoms with van der Waals surface area (Å²) < 4.78 is 0. The lowest BCUT2D eigenvalue weighted by atomic mass is 10.1. The van der Waals surface area contributed by atoms with Gasteiger partial charge in [-0.2, -0.15) is 0 Å². The summed E-state index contributed by atoms with van der Waals surface area (Å²) in [7, 11) is 0.